The van der Waals surface area contributed by atoms with Crippen LogP contribution in [0.4, 0.5) is 13.2 Å². The van der Waals surface area contributed by atoms with Crippen molar-refractivity contribution in [2.24, 2.45) is 21.6 Å². The first kappa shape index (κ1) is 16.3. The molecule has 0 unspecified atom stereocenters. The zero-order valence-electron chi connectivity index (χ0n) is 10.8. The maximum absolute atomic E-state index is 12.4. The first-order valence-corrected chi connectivity index (χ1v) is 5.61. The highest BCUT2D eigenvalue weighted by Gasteiger charge is 2.29. The van der Waals surface area contributed by atoms with Gasteiger partial charge in [-0.2, -0.15) is 13.2 Å². The fourth-order valence-corrected chi connectivity index (χ4v) is 1.41. The second-order valence-corrected chi connectivity index (χ2v) is 3.86. The van der Waals surface area contributed by atoms with Crippen molar-refractivity contribution in [2.75, 3.05) is 0 Å². The zero-order chi connectivity index (χ0) is 16.0. The molecule has 5 nitrogen and oxygen atoms in total. The van der Waals surface area contributed by atoms with Crippen LogP contribution in [0.2, 0.25) is 0 Å². The Morgan fingerprint density at radius 1 is 1.19 bits per heavy atom. The quantitative estimate of drug-likeness (QED) is 0.344. The van der Waals surface area contributed by atoms with E-state index in [1.165, 1.54) is 18.2 Å². The maximum atomic E-state index is 12.4. The first-order chi connectivity index (χ1) is 9.79. The van der Waals surface area contributed by atoms with Crippen LogP contribution in [-0.4, -0.2) is 16.8 Å². The minimum absolute atomic E-state index is 0.0323. The van der Waals surface area contributed by atoms with Crippen LogP contribution < -0.4 is 11.5 Å². The van der Waals surface area contributed by atoms with E-state index in [1.807, 2.05) is 0 Å². The van der Waals surface area contributed by atoms with E-state index in [9.17, 15) is 13.2 Å². The van der Waals surface area contributed by atoms with Gasteiger partial charge in [-0.05, 0) is 23.8 Å². The number of aliphatic imine (C=N–C) groups is 1. The predicted octanol–water partition coefficient (Wildman–Crippen LogP) is 2.34. The van der Waals surface area contributed by atoms with Gasteiger partial charge in [0.05, 0.1) is 5.56 Å². The lowest BCUT2D eigenvalue weighted by Crippen LogP contribution is -2.23. The van der Waals surface area contributed by atoms with Gasteiger partial charge in [0.2, 0.25) is 0 Å². The van der Waals surface area contributed by atoms with E-state index in [0.717, 1.165) is 18.3 Å². The van der Waals surface area contributed by atoms with Crippen LogP contribution in [0.5, 0.6) is 0 Å². The van der Waals surface area contributed by atoms with E-state index < -0.39 is 11.7 Å². The van der Waals surface area contributed by atoms with Crippen molar-refractivity contribution in [1.82, 2.24) is 0 Å². The van der Waals surface area contributed by atoms with Gasteiger partial charge in [-0.3, -0.25) is 4.99 Å². The lowest BCUT2D eigenvalue weighted by Gasteiger charge is -2.08. The first-order valence-electron chi connectivity index (χ1n) is 5.61. The highest BCUT2D eigenvalue weighted by Crippen LogP contribution is 2.29. The summed E-state index contributed by atoms with van der Waals surface area (Å²) in [4.78, 5) is 3.75. The Morgan fingerprint density at radius 3 is 2.19 bits per heavy atom. The van der Waals surface area contributed by atoms with Gasteiger partial charge in [-0.1, -0.05) is 23.9 Å². The van der Waals surface area contributed by atoms with Gasteiger partial charge in [-0.25, -0.2) is 0 Å². The second kappa shape index (κ2) is 6.60. The summed E-state index contributed by atoms with van der Waals surface area (Å²) in [5.41, 5.74) is 10.8. The number of nitrogens with zero attached hydrogens (tertiary/aromatic N) is 2. The smallest absolute Gasteiger partial charge is 0.409 e. The number of oxime groups is 1. The normalized spacial score (nSPS) is 14.1. The van der Waals surface area contributed by atoms with Crippen molar-refractivity contribution in [3.63, 3.8) is 0 Å². The molecule has 5 N–H and O–H groups in total. The highest BCUT2D eigenvalue weighted by atomic mass is 19.4. The molecule has 0 bridgehead atoms. The summed E-state index contributed by atoms with van der Waals surface area (Å²) in [7, 11) is 0. The number of amidine groups is 1. The number of rotatable bonds is 4. The molecule has 0 heterocycles. The Morgan fingerprint density at radius 2 is 1.76 bits per heavy atom. The van der Waals surface area contributed by atoms with Crippen molar-refractivity contribution in [3.05, 3.63) is 54.2 Å². The predicted molar refractivity (Wildman–Crippen MR) is 74.6 cm³/mol. The van der Waals surface area contributed by atoms with Gasteiger partial charge in [0, 0.05) is 11.9 Å². The molecule has 0 fully saturated rings. The van der Waals surface area contributed by atoms with E-state index in [-0.39, 0.29) is 17.2 Å². The largest absolute Gasteiger partial charge is 0.416 e. The van der Waals surface area contributed by atoms with E-state index in [2.05, 4.69) is 16.7 Å². The summed E-state index contributed by atoms with van der Waals surface area (Å²) >= 11 is 0. The minimum Gasteiger partial charge on any atom is -0.409 e. The van der Waals surface area contributed by atoms with Crippen LogP contribution in [0, 0.1) is 0 Å². The topological polar surface area (TPSA) is 97.0 Å². The highest BCUT2D eigenvalue weighted by molar-refractivity contribution is 6.46. The van der Waals surface area contributed by atoms with Crippen molar-refractivity contribution in [2.45, 2.75) is 6.18 Å². The number of hydrogen-bond acceptors (Lipinski definition) is 4. The third-order valence-electron chi connectivity index (χ3n) is 2.44. The lowest BCUT2D eigenvalue weighted by atomic mass is 10.1. The fraction of sp³-hybridized carbons (Fsp3) is 0.0769. The molecule has 112 valence electrons. The molecule has 0 saturated carbocycles. The number of hydrogen-bond donors (Lipinski definition) is 3. The number of nitrogens with two attached hydrogens (primary N) is 2. The summed E-state index contributed by atoms with van der Waals surface area (Å²) in [6, 6.07) is 4.24. The SMILES string of the molecule is C=C/N=C(\C=C(/N)c1ccc(C(F)(F)F)cc1)C(/N)=N/O. The Kier molecular flexibility index (Phi) is 5.12. The Bertz CT molecular complexity index is 601. The Labute approximate surface area is 118 Å². The molecule has 0 aliphatic heterocycles. The molecule has 0 aliphatic rings. The van der Waals surface area contributed by atoms with E-state index >= 15 is 0 Å². The maximum Gasteiger partial charge on any atom is 0.416 e. The van der Waals surface area contributed by atoms with Crippen LogP contribution in [0.1, 0.15) is 11.1 Å². The Balaban J connectivity index is 3.12. The average Bonchev–Trinajstić information content (AvgIpc) is 2.45. The molecule has 1 aromatic rings. The van der Waals surface area contributed by atoms with E-state index in [0.29, 0.717) is 5.56 Å². The zero-order valence-corrected chi connectivity index (χ0v) is 10.8. The molecule has 0 saturated heterocycles. The summed E-state index contributed by atoms with van der Waals surface area (Å²) in [5.74, 6) is -0.301. The van der Waals surface area contributed by atoms with E-state index in [1.54, 1.807) is 0 Å². The molecule has 0 aliphatic carbocycles. The van der Waals surface area contributed by atoms with Crippen molar-refractivity contribution in [3.8, 4) is 0 Å². The molecule has 1 aromatic carbocycles. The summed E-state index contributed by atoms with van der Waals surface area (Å²) < 4.78 is 37.3. The molecule has 1 rings (SSSR count). The Hall–Kier alpha value is -2.77. The van der Waals surface area contributed by atoms with Crippen LogP contribution >= 0.6 is 0 Å². The van der Waals surface area contributed by atoms with Gasteiger partial charge in [-0.15, -0.1) is 0 Å². The second-order valence-electron chi connectivity index (χ2n) is 3.86. The van der Waals surface area contributed by atoms with Crippen molar-refractivity contribution < 1.29 is 18.4 Å². The summed E-state index contributed by atoms with van der Waals surface area (Å²) in [5, 5.41) is 11.4. The summed E-state index contributed by atoms with van der Waals surface area (Å²) in [6.07, 6.45) is -2.00. The van der Waals surface area contributed by atoms with Gasteiger partial charge in [0.1, 0.15) is 5.71 Å². The van der Waals surface area contributed by atoms with Gasteiger partial charge in [0.25, 0.3) is 0 Å². The molecule has 0 aromatic heterocycles. The number of alkyl halides is 3. The van der Waals surface area contributed by atoms with Gasteiger partial charge >= 0.3 is 6.18 Å². The molecule has 21 heavy (non-hydrogen) atoms. The van der Waals surface area contributed by atoms with Crippen molar-refractivity contribution >= 4 is 17.2 Å². The fourth-order valence-electron chi connectivity index (χ4n) is 1.41. The minimum atomic E-state index is -4.42. The van der Waals surface area contributed by atoms with Crippen molar-refractivity contribution in [1.29, 1.82) is 0 Å². The van der Waals surface area contributed by atoms with Crippen LogP contribution in [-0.2, 0) is 6.18 Å². The number of benzene rings is 1. The number of halogens is 3. The van der Waals surface area contributed by atoms with Crippen LogP contribution in [0.15, 0.2) is 53.3 Å². The van der Waals surface area contributed by atoms with Crippen LogP contribution in [0.25, 0.3) is 5.70 Å². The molecule has 0 spiro atoms. The molecule has 8 heteroatoms. The van der Waals surface area contributed by atoms with Crippen LogP contribution in [0.3, 0.4) is 0 Å². The van der Waals surface area contributed by atoms with Gasteiger partial charge in [0.15, 0.2) is 5.84 Å². The molecule has 0 amide bonds. The average molecular weight is 298 g/mol. The third-order valence-corrected chi connectivity index (χ3v) is 2.44. The monoisotopic (exact) mass is 298 g/mol. The van der Waals surface area contributed by atoms with E-state index in [4.69, 9.17) is 16.7 Å². The standard InChI is InChI=1S/C13H13F3N4O/c1-2-19-11(12(18)20-21)7-10(17)8-3-5-9(6-4-8)13(14,15)16/h2-7,21H,1,17H2,(H2,18,20)/b10-7-,19-11+. The third kappa shape index (κ3) is 4.37. The summed E-state index contributed by atoms with van der Waals surface area (Å²) in [6.45, 7) is 3.36. The molecular formula is C13H13F3N4O. The molecular weight excluding hydrogens is 285 g/mol. The lowest BCUT2D eigenvalue weighted by molar-refractivity contribution is -0.137. The molecule has 0 atom stereocenters. The molecule has 0 radical (unpaired) electrons. The van der Waals surface area contributed by atoms with Gasteiger partial charge < -0.3 is 16.7 Å².